The van der Waals surface area contributed by atoms with Crippen LogP contribution in [0, 0.1) is 0 Å². The molecule has 0 amide bonds. The van der Waals surface area contributed by atoms with Crippen molar-refractivity contribution in [3.8, 4) is 0 Å². The van der Waals surface area contributed by atoms with Crippen LogP contribution in [0.2, 0.25) is 0 Å². The van der Waals surface area contributed by atoms with Crippen molar-refractivity contribution in [1.82, 2.24) is 10.2 Å². The Bertz CT molecular complexity index is 686. The Morgan fingerprint density at radius 2 is 2.29 bits per heavy atom. The number of fused-ring (bicyclic) bond motifs is 1. The monoisotopic (exact) mass is 351 g/mol. The number of aromatic nitrogens is 2. The van der Waals surface area contributed by atoms with E-state index in [0.717, 1.165) is 29.3 Å². The highest BCUT2D eigenvalue weighted by atomic mass is 79.9. The van der Waals surface area contributed by atoms with Crippen molar-refractivity contribution in [2.24, 2.45) is 0 Å². The number of ether oxygens (including phenoxy) is 1. The summed E-state index contributed by atoms with van der Waals surface area (Å²) in [7, 11) is 0. The van der Waals surface area contributed by atoms with E-state index in [4.69, 9.17) is 4.74 Å². The number of carboxylic acids is 1. The Hall–Kier alpha value is -1.73. The van der Waals surface area contributed by atoms with Gasteiger partial charge >= 0.3 is 5.97 Å². The van der Waals surface area contributed by atoms with Gasteiger partial charge in [0.25, 0.3) is 0 Å². The molecule has 2 heterocycles. The van der Waals surface area contributed by atoms with Crippen LogP contribution in [-0.2, 0) is 4.74 Å². The largest absolute Gasteiger partial charge is 0.476 e. The van der Waals surface area contributed by atoms with Crippen molar-refractivity contribution in [3.63, 3.8) is 0 Å². The minimum atomic E-state index is -1.09. The van der Waals surface area contributed by atoms with E-state index in [1.165, 1.54) is 0 Å². The number of nitrogens with zero attached hydrogens (tertiary/aromatic N) is 2. The standard InChI is InChI=1S/C14H14BrN3O3/c15-8-3-4-11-10(6-8)12(13(14(19)20)18-17-11)16-9-2-1-5-21-7-9/h3-4,6,9H,1-2,5,7H2,(H,16,17)(H,19,20)/t9-/m1/s1. The van der Waals surface area contributed by atoms with E-state index >= 15 is 0 Å². The van der Waals surface area contributed by atoms with Crippen LogP contribution < -0.4 is 5.32 Å². The summed E-state index contributed by atoms with van der Waals surface area (Å²) in [5.41, 5.74) is 1.10. The third kappa shape index (κ3) is 2.98. The van der Waals surface area contributed by atoms with Gasteiger partial charge in [-0.2, -0.15) is 0 Å². The quantitative estimate of drug-likeness (QED) is 0.884. The first-order valence-electron chi connectivity index (χ1n) is 6.68. The first kappa shape index (κ1) is 14.2. The van der Waals surface area contributed by atoms with Gasteiger partial charge in [0.05, 0.1) is 17.8 Å². The lowest BCUT2D eigenvalue weighted by atomic mass is 10.1. The van der Waals surface area contributed by atoms with Gasteiger partial charge in [0.2, 0.25) is 0 Å². The van der Waals surface area contributed by atoms with Crippen LogP contribution in [0.3, 0.4) is 0 Å². The molecule has 1 atom stereocenters. The van der Waals surface area contributed by atoms with Crippen molar-refractivity contribution in [3.05, 3.63) is 28.4 Å². The van der Waals surface area contributed by atoms with Crippen LogP contribution >= 0.6 is 15.9 Å². The Balaban J connectivity index is 2.08. The van der Waals surface area contributed by atoms with Crippen molar-refractivity contribution < 1.29 is 14.6 Å². The Labute approximate surface area is 129 Å². The Kier molecular flexibility index (Phi) is 4.03. The zero-order valence-electron chi connectivity index (χ0n) is 11.2. The van der Waals surface area contributed by atoms with Crippen molar-refractivity contribution in [2.75, 3.05) is 18.5 Å². The summed E-state index contributed by atoms with van der Waals surface area (Å²) >= 11 is 3.41. The highest BCUT2D eigenvalue weighted by Crippen LogP contribution is 2.29. The molecule has 1 aliphatic rings. The SMILES string of the molecule is O=C(O)c1nnc2ccc(Br)cc2c1N[C@@H]1CCCOC1. The average Bonchev–Trinajstić information content (AvgIpc) is 2.48. The number of carboxylic acid groups (broad SMARTS) is 1. The number of anilines is 1. The smallest absolute Gasteiger partial charge is 0.358 e. The molecule has 21 heavy (non-hydrogen) atoms. The molecule has 0 bridgehead atoms. The van der Waals surface area contributed by atoms with Crippen LogP contribution in [0.25, 0.3) is 10.9 Å². The molecule has 1 aromatic carbocycles. The van der Waals surface area contributed by atoms with Crippen LogP contribution in [0.15, 0.2) is 22.7 Å². The maximum Gasteiger partial charge on any atom is 0.358 e. The summed E-state index contributed by atoms with van der Waals surface area (Å²) in [6.07, 6.45) is 1.90. The van der Waals surface area contributed by atoms with Gasteiger partial charge in [-0.15, -0.1) is 10.2 Å². The highest BCUT2D eigenvalue weighted by molar-refractivity contribution is 9.10. The molecule has 1 aliphatic heterocycles. The second-order valence-corrected chi connectivity index (χ2v) is 5.86. The number of hydrogen-bond donors (Lipinski definition) is 2. The maximum absolute atomic E-state index is 11.4. The third-order valence-corrected chi connectivity index (χ3v) is 3.93. The molecular formula is C14H14BrN3O3. The number of nitrogens with one attached hydrogen (secondary N) is 1. The molecule has 2 aromatic rings. The van der Waals surface area contributed by atoms with Gasteiger partial charge in [-0.05, 0) is 31.0 Å². The van der Waals surface area contributed by atoms with Crippen molar-refractivity contribution in [2.45, 2.75) is 18.9 Å². The summed E-state index contributed by atoms with van der Waals surface area (Å²) in [5, 5.41) is 21.2. The van der Waals surface area contributed by atoms with Crippen LogP contribution in [-0.4, -0.2) is 40.5 Å². The molecular weight excluding hydrogens is 338 g/mol. The normalized spacial score (nSPS) is 18.6. The molecule has 0 saturated carbocycles. The Morgan fingerprint density at radius 3 is 3.00 bits per heavy atom. The predicted octanol–water partition coefficient (Wildman–Crippen LogP) is 2.68. The lowest BCUT2D eigenvalue weighted by Gasteiger charge is -2.25. The van der Waals surface area contributed by atoms with Crippen LogP contribution in [0.4, 0.5) is 5.69 Å². The van der Waals surface area contributed by atoms with Crippen LogP contribution in [0.1, 0.15) is 23.3 Å². The number of halogens is 1. The Morgan fingerprint density at radius 1 is 1.43 bits per heavy atom. The minimum Gasteiger partial charge on any atom is -0.476 e. The van der Waals surface area contributed by atoms with Gasteiger partial charge in [-0.1, -0.05) is 15.9 Å². The number of rotatable bonds is 3. The van der Waals surface area contributed by atoms with Gasteiger partial charge in [-0.25, -0.2) is 4.79 Å². The number of benzene rings is 1. The predicted molar refractivity (Wildman–Crippen MR) is 81.7 cm³/mol. The fraction of sp³-hybridized carbons (Fsp3) is 0.357. The lowest BCUT2D eigenvalue weighted by molar-refractivity contribution is 0.0689. The second-order valence-electron chi connectivity index (χ2n) is 4.95. The lowest BCUT2D eigenvalue weighted by Crippen LogP contribution is -2.31. The molecule has 7 heteroatoms. The summed E-state index contributed by atoms with van der Waals surface area (Å²) in [4.78, 5) is 11.4. The molecule has 0 unspecified atom stereocenters. The fourth-order valence-electron chi connectivity index (χ4n) is 2.43. The summed E-state index contributed by atoms with van der Waals surface area (Å²) in [5.74, 6) is -1.09. The van der Waals surface area contributed by atoms with E-state index in [1.807, 2.05) is 12.1 Å². The van der Waals surface area contributed by atoms with Gasteiger partial charge in [0.15, 0.2) is 5.69 Å². The van der Waals surface area contributed by atoms with Gasteiger partial charge in [-0.3, -0.25) is 0 Å². The maximum atomic E-state index is 11.4. The molecule has 0 aliphatic carbocycles. The first-order chi connectivity index (χ1) is 10.1. The van der Waals surface area contributed by atoms with E-state index in [1.54, 1.807) is 6.07 Å². The molecule has 1 saturated heterocycles. The van der Waals surface area contributed by atoms with E-state index in [0.29, 0.717) is 17.8 Å². The van der Waals surface area contributed by atoms with Crippen LogP contribution in [0.5, 0.6) is 0 Å². The molecule has 6 nitrogen and oxygen atoms in total. The number of aromatic carboxylic acids is 1. The third-order valence-electron chi connectivity index (χ3n) is 3.43. The van der Waals surface area contributed by atoms with E-state index in [9.17, 15) is 9.90 Å². The summed E-state index contributed by atoms with van der Waals surface area (Å²) < 4.78 is 6.30. The van der Waals surface area contributed by atoms with Crippen molar-refractivity contribution in [1.29, 1.82) is 0 Å². The number of carbonyl (C=O) groups is 1. The van der Waals surface area contributed by atoms with Gasteiger partial charge in [0.1, 0.15) is 0 Å². The van der Waals surface area contributed by atoms with Gasteiger partial charge in [0, 0.05) is 22.5 Å². The molecule has 110 valence electrons. The molecule has 1 fully saturated rings. The zero-order chi connectivity index (χ0) is 14.8. The molecule has 1 aromatic heterocycles. The molecule has 2 N–H and O–H groups in total. The summed E-state index contributed by atoms with van der Waals surface area (Å²) in [6, 6.07) is 5.59. The molecule has 3 rings (SSSR count). The molecule has 0 spiro atoms. The number of hydrogen-bond acceptors (Lipinski definition) is 5. The minimum absolute atomic E-state index is 0.0637. The zero-order valence-corrected chi connectivity index (χ0v) is 12.8. The van der Waals surface area contributed by atoms with E-state index in [-0.39, 0.29) is 11.7 Å². The summed E-state index contributed by atoms with van der Waals surface area (Å²) in [6.45, 7) is 1.32. The average molecular weight is 352 g/mol. The highest BCUT2D eigenvalue weighted by Gasteiger charge is 2.21. The van der Waals surface area contributed by atoms with Gasteiger partial charge < -0.3 is 15.2 Å². The van der Waals surface area contributed by atoms with E-state index < -0.39 is 5.97 Å². The van der Waals surface area contributed by atoms with E-state index in [2.05, 4.69) is 31.4 Å². The topological polar surface area (TPSA) is 84.3 Å². The van der Waals surface area contributed by atoms with Crippen molar-refractivity contribution >= 4 is 38.5 Å². The first-order valence-corrected chi connectivity index (χ1v) is 7.48. The fourth-order valence-corrected chi connectivity index (χ4v) is 2.79. The second kappa shape index (κ2) is 5.95. The molecule has 0 radical (unpaired) electrons.